The van der Waals surface area contributed by atoms with Crippen LogP contribution in [0, 0.1) is 6.92 Å². The van der Waals surface area contributed by atoms with Crippen molar-refractivity contribution in [3.8, 4) is 0 Å². The molecular formula is C18H33N5OS. The van der Waals surface area contributed by atoms with E-state index in [9.17, 15) is 0 Å². The number of guanidine groups is 1. The fourth-order valence-electron chi connectivity index (χ4n) is 3.03. The second-order valence-corrected chi connectivity index (χ2v) is 7.80. The van der Waals surface area contributed by atoms with Gasteiger partial charge in [0.1, 0.15) is 0 Å². The summed E-state index contributed by atoms with van der Waals surface area (Å²) in [7, 11) is 1.77. The number of thiazole rings is 1. The molecule has 6 nitrogen and oxygen atoms in total. The minimum atomic E-state index is 0.513. The van der Waals surface area contributed by atoms with E-state index in [-0.39, 0.29) is 0 Å². The zero-order valence-electron chi connectivity index (χ0n) is 15.9. The molecule has 1 aromatic heterocycles. The van der Waals surface area contributed by atoms with Gasteiger partial charge in [-0.05, 0) is 33.1 Å². The molecule has 0 bridgehead atoms. The standard InChI is InChI=1S/C18H33N5OS/c1-4-19-18(20-9-6-17-21-14-15(2)25-17)22-16-7-11-23(12-8-16)10-5-13-24-3/h14,16H,4-13H2,1-3H3,(H2,19,20,22). The van der Waals surface area contributed by atoms with Gasteiger partial charge < -0.3 is 20.3 Å². The highest BCUT2D eigenvalue weighted by molar-refractivity contribution is 7.11. The van der Waals surface area contributed by atoms with Crippen molar-refractivity contribution in [2.75, 3.05) is 46.4 Å². The van der Waals surface area contributed by atoms with E-state index in [1.54, 1.807) is 18.4 Å². The fraction of sp³-hybridized carbons (Fsp3) is 0.778. The molecule has 0 saturated carbocycles. The van der Waals surface area contributed by atoms with Crippen LogP contribution in [0.3, 0.4) is 0 Å². The Hall–Kier alpha value is -1.18. The number of aliphatic imine (C=N–C) groups is 1. The number of nitrogens with zero attached hydrogens (tertiary/aromatic N) is 3. The maximum absolute atomic E-state index is 5.14. The molecule has 25 heavy (non-hydrogen) atoms. The summed E-state index contributed by atoms with van der Waals surface area (Å²) in [5, 5.41) is 8.14. The number of nitrogens with one attached hydrogen (secondary N) is 2. The number of rotatable bonds is 9. The van der Waals surface area contributed by atoms with Gasteiger partial charge in [0.15, 0.2) is 5.96 Å². The molecule has 0 aliphatic carbocycles. The van der Waals surface area contributed by atoms with Gasteiger partial charge in [0.25, 0.3) is 0 Å². The van der Waals surface area contributed by atoms with Crippen LogP contribution in [0.5, 0.6) is 0 Å². The number of ether oxygens (including phenoxy) is 1. The van der Waals surface area contributed by atoms with Crippen LogP contribution in [0.2, 0.25) is 0 Å². The smallest absolute Gasteiger partial charge is 0.191 e. The third-order valence-corrected chi connectivity index (χ3v) is 5.33. The lowest BCUT2D eigenvalue weighted by atomic mass is 10.1. The Balaban J connectivity index is 1.72. The van der Waals surface area contributed by atoms with Gasteiger partial charge >= 0.3 is 0 Å². The van der Waals surface area contributed by atoms with Gasteiger partial charge in [0.2, 0.25) is 0 Å². The molecule has 1 aromatic rings. The van der Waals surface area contributed by atoms with Crippen LogP contribution in [0.15, 0.2) is 11.2 Å². The molecule has 0 radical (unpaired) electrons. The fourth-order valence-corrected chi connectivity index (χ4v) is 3.80. The normalized spacial score (nSPS) is 17.0. The molecule has 0 amide bonds. The Kier molecular flexibility index (Phi) is 9.21. The first-order chi connectivity index (χ1) is 12.2. The quantitative estimate of drug-likeness (QED) is 0.397. The first kappa shape index (κ1) is 20.1. The van der Waals surface area contributed by atoms with Gasteiger partial charge in [-0.1, -0.05) is 0 Å². The molecule has 0 spiro atoms. The van der Waals surface area contributed by atoms with Crippen LogP contribution in [0.25, 0.3) is 0 Å². The van der Waals surface area contributed by atoms with Crippen LogP contribution in [-0.2, 0) is 11.2 Å². The Morgan fingerprint density at radius 2 is 2.24 bits per heavy atom. The molecule has 0 unspecified atom stereocenters. The average Bonchev–Trinajstić information content (AvgIpc) is 3.02. The van der Waals surface area contributed by atoms with Crippen molar-refractivity contribution in [1.29, 1.82) is 0 Å². The Labute approximate surface area is 156 Å². The summed E-state index contributed by atoms with van der Waals surface area (Å²) >= 11 is 1.76. The van der Waals surface area contributed by atoms with E-state index in [0.29, 0.717) is 6.04 Å². The lowest BCUT2D eigenvalue weighted by Crippen LogP contribution is -2.49. The number of likely N-dealkylation sites (tertiary alicyclic amines) is 1. The lowest BCUT2D eigenvalue weighted by Gasteiger charge is -2.33. The lowest BCUT2D eigenvalue weighted by molar-refractivity contribution is 0.155. The number of hydrogen-bond acceptors (Lipinski definition) is 5. The van der Waals surface area contributed by atoms with Crippen molar-refractivity contribution in [3.63, 3.8) is 0 Å². The Morgan fingerprint density at radius 1 is 1.44 bits per heavy atom. The molecular weight excluding hydrogens is 334 g/mol. The minimum Gasteiger partial charge on any atom is -0.385 e. The van der Waals surface area contributed by atoms with E-state index in [1.165, 1.54) is 22.7 Å². The minimum absolute atomic E-state index is 0.513. The molecule has 0 aromatic carbocycles. The van der Waals surface area contributed by atoms with E-state index in [2.05, 4.69) is 34.4 Å². The zero-order chi connectivity index (χ0) is 17.9. The monoisotopic (exact) mass is 367 g/mol. The summed E-state index contributed by atoms with van der Waals surface area (Å²) in [6, 6.07) is 0.513. The van der Waals surface area contributed by atoms with Crippen LogP contribution >= 0.6 is 11.3 Å². The summed E-state index contributed by atoms with van der Waals surface area (Å²) in [6.45, 7) is 10.2. The van der Waals surface area contributed by atoms with E-state index in [4.69, 9.17) is 9.73 Å². The summed E-state index contributed by atoms with van der Waals surface area (Å²) < 4.78 is 5.14. The van der Waals surface area contributed by atoms with Crippen molar-refractivity contribution in [2.45, 2.75) is 45.6 Å². The molecule has 2 rings (SSSR count). The second kappa shape index (κ2) is 11.4. The highest BCUT2D eigenvalue weighted by Gasteiger charge is 2.19. The maximum atomic E-state index is 5.14. The van der Waals surface area contributed by atoms with Gasteiger partial charge in [-0.25, -0.2) is 4.98 Å². The summed E-state index contributed by atoms with van der Waals surface area (Å²) in [4.78, 5) is 12.9. The summed E-state index contributed by atoms with van der Waals surface area (Å²) in [5.74, 6) is 0.939. The number of aryl methyl sites for hydroxylation is 1. The highest BCUT2D eigenvalue weighted by Crippen LogP contribution is 2.12. The Morgan fingerprint density at radius 3 is 2.88 bits per heavy atom. The summed E-state index contributed by atoms with van der Waals surface area (Å²) in [6.07, 6.45) is 6.31. The van der Waals surface area contributed by atoms with E-state index in [0.717, 1.165) is 58.1 Å². The van der Waals surface area contributed by atoms with Crippen molar-refractivity contribution < 1.29 is 4.74 Å². The molecule has 0 atom stereocenters. The van der Waals surface area contributed by atoms with Gasteiger partial charge in [-0.3, -0.25) is 4.99 Å². The molecule has 7 heteroatoms. The SMILES string of the molecule is CCNC(=NCCc1ncc(C)s1)NC1CCN(CCCOC)CC1. The van der Waals surface area contributed by atoms with Gasteiger partial charge in [-0.2, -0.15) is 0 Å². The second-order valence-electron chi connectivity index (χ2n) is 6.48. The number of methoxy groups -OCH3 is 1. The first-order valence-corrected chi connectivity index (χ1v) is 10.2. The highest BCUT2D eigenvalue weighted by atomic mass is 32.1. The van der Waals surface area contributed by atoms with Crippen molar-refractivity contribution >= 4 is 17.3 Å². The molecule has 1 aliphatic rings. The molecule has 142 valence electrons. The zero-order valence-corrected chi connectivity index (χ0v) is 16.7. The van der Waals surface area contributed by atoms with Gasteiger partial charge in [0.05, 0.1) is 5.01 Å². The third kappa shape index (κ3) is 7.71. The predicted molar refractivity (Wildman–Crippen MR) is 106 cm³/mol. The van der Waals surface area contributed by atoms with Crippen LogP contribution in [-0.4, -0.2) is 68.3 Å². The van der Waals surface area contributed by atoms with Crippen molar-refractivity contribution in [1.82, 2.24) is 20.5 Å². The first-order valence-electron chi connectivity index (χ1n) is 9.38. The van der Waals surface area contributed by atoms with E-state index in [1.807, 2.05) is 6.20 Å². The van der Waals surface area contributed by atoms with Crippen molar-refractivity contribution in [3.05, 3.63) is 16.1 Å². The molecule has 2 N–H and O–H groups in total. The number of hydrogen-bond donors (Lipinski definition) is 2. The van der Waals surface area contributed by atoms with Crippen molar-refractivity contribution in [2.24, 2.45) is 4.99 Å². The summed E-state index contributed by atoms with van der Waals surface area (Å²) in [5.41, 5.74) is 0. The average molecular weight is 368 g/mol. The molecule has 1 fully saturated rings. The van der Waals surface area contributed by atoms with Gasteiger partial charge in [-0.15, -0.1) is 11.3 Å². The predicted octanol–water partition coefficient (Wildman–Crippen LogP) is 2.05. The Bertz CT molecular complexity index is 511. The van der Waals surface area contributed by atoms with E-state index >= 15 is 0 Å². The van der Waals surface area contributed by atoms with Crippen LogP contribution in [0.1, 0.15) is 36.1 Å². The molecule has 1 saturated heterocycles. The third-order valence-electron chi connectivity index (χ3n) is 4.36. The van der Waals surface area contributed by atoms with Gasteiger partial charge in [0, 0.05) is 70.0 Å². The van der Waals surface area contributed by atoms with Crippen LogP contribution in [0.4, 0.5) is 0 Å². The maximum Gasteiger partial charge on any atom is 0.191 e. The molecule has 2 heterocycles. The number of piperidine rings is 1. The van der Waals surface area contributed by atoms with Crippen LogP contribution < -0.4 is 10.6 Å². The van der Waals surface area contributed by atoms with E-state index < -0.39 is 0 Å². The topological polar surface area (TPSA) is 61.8 Å². The molecule has 1 aliphatic heterocycles. The largest absolute Gasteiger partial charge is 0.385 e. The number of aromatic nitrogens is 1.